The first-order chi connectivity index (χ1) is 9.11. The largest absolute Gasteiger partial charge is 0.382 e. The van der Waals surface area contributed by atoms with Crippen molar-refractivity contribution in [2.45, 2.75) is 0 Å². The second kappa shape index (κ2) is 5.32. The lowest BCUT2D eigenvalue weighted by molar-refractivity contribution is 0.103. The molecule has 0 aliphatic rings. The summed E-state index contributed by atoms with van der Waals surface area (Å²) in [5.74, 6) is -0.311. The minimum absolute atomic E-state index is 0.0991. The number of ketones is 1. The summed E-state index contributed by atoms with van der Waals surface area (Å²) in [4.78, 5) is 18.1. The lowest BCUT2D eigenvalue weighted by Gasteiger charge is -2.06. The van der Waals surface area contributed by atoms with E-state index < -0.39 is 0 Å². The second-order valence-corrected chi connectivity index (χ2v) is 4.36. The van der Waals surface area contributed by atoms with Crippen LogP contribution in [0.3, 0.4) is 0 Å². The van der Waals surface area contributed by atoms with Gasteiger partial charge in [0.25, 0.3) is 0 Å². The average molecular weight is 251 g/mol. The molecule has 19 heavy (non-hydrogen) atoms. The first-order valence-electron chi connectivity index (χ1n) is 5.79. The molecule has 0 aliphatic carbocycles. The lowest BCUT2D eigenvalue weighted by atomic mass is 10.0. The molecular weight excluding hydrogens is 238 g/mol. The predicted molar refractivity (Wildman–Crippen MR) is 73.5 cm³/mol. The van der Waals surface area contributed by atoms with E-state index in [4.69, 9.17) is 5.26 Å². The number of Topliss-reactive ketones (excluding diaryl/α,β-unsaturated/α-hetero) is 1. The van der Waals surface area contributed by atoms with Gasteiger partial charge in [-0.1, -0.05) is 18.2 Å². The summed E-state index contributed by atoms with van der Waals surface area (Å²) in [6.45, 7) is 0. The van der Waals surface area contributed by atoms with Crippen LogP contribution in [0.4, 0.5) is 0 Å². The van der Waals surface area contributed by atoms with Crippen molar-refractivity contribution in [2.75, 3.05) is 14.1 Å². The van der Waals surface area contributed by atoms with Crippen LogP contribution in [0.25, 0.3) is 10.9 Å². The van der Waals surface area contributed by atoms with Crippen molar-refractivity contribution in [3.63, 3.8) is 0 Å². The topological polar surface area (TPSA) is 57.0 Å². The second-order valence-electron chi connectivity index (χ2n) is 4.36. The summed E-state index contributed by atoms with van der Waals surface area (Å²) in [5, 5.41) is 9.92. The first-order valence-corrected chi connectivity index (χ1v) is 5.79. The summed E-state index contributed by atoms with van der Waals surface area (Å²) >= 11 is 0. The van der Waals surface area contributed by atoms with Gasteiger partial charge in [0, 0.05) is 37.4 Å². The molecule has 0 unspecified atom stereocenters. The van der Waals surface area contributed by atoms with Gasteiger partial charge < -0.3 is 4.90 Å². The molecule has 0 spiro atoms. The fourth-order valence-electron chi connectivity index (χ4n) is 1.75. The van der Waals surface area contributed by atoms with Gasteiger partial charge in [-0.05, 0) is 12.1 Å². The van der Waals surface area contributed by atoms with E-state index in [-0.39, 0.29) is 11.4 Å². The third-order valence-electron chi connectivity index (χ3n) is 2.61. The highest BCUT2D eigenvalue weighted by Gasteiger charge is 2.13. The van der Waals surface area contributed by atoms with Crippen LogP contribution in [-0.4, -0.2) is 29.8 Å². The van der Waals surface area contributed by atoms with Gasteiger partial charge in [0.2, 0.25) is 5.78 Å². The maximum atomic E-state index is 12.2. The molecule has 1 heterocycles. The highest BCUT2D eigenvalue weighted by Crippen LogP contribution is 2.15. The minimum atomic E-state index is -0.311. The quantitative estimate of drug-likeness (QED) is 0.477. The van der Waals surface area contributed by atoms with Gasteiger partial charge in [0.05, 0.1) is 5.52 Å². The fourth-order valence-corrected chi connectivity index (χ4v) is 1.75. The van der Waals surface area contributed by atoms with Crippen LogP contribution in [0.15, 0.2) is 48.3 Å². The number of allylic oxidation sites excluding steroid dienone is 1. The number of benzene rings is 1. The summed E-state index contributed by atoms with van der Waals surface area (Å²) in [6, 6.07) is 11.2. The van der Waals surface area contributed by atoms with Crippen molar-refractivity contribution in [1.29, 1.82) is 5.26 Å². The van der Waals surface area contributed by atoms with Crippen LogP contribution in [0.5, 0.6) is 0 Å². The van der Waals surface area contributed by atoms with Crippen molar-refractivity contribution < 1.29 is 4.79 Å². The predicted octanol–water partition coefficient (Wildman–Crippen LogP) is 2.39. The van der Waals surface area contributed by atoms with Gasteiger partial charge in [0.1, 0.15) is 11.6 Å². The number of aromatic nitrogens is 1. The van der Waals surface area contributed by atoms with Gasteiger partial charge in [0.15, 0.2) is 0 Å². The number of para-hydroxylation sites is 1. The number of nitrogens with zero attached hydrogens (tertiary/aromatic N) is 3. The van der Waals surface area contributed by atoms with Crippen molar-refractivity contribution >= 4 is 16.7 Å². The molecule has 2 rings (SSSR count). The molecule has 4 nitrogen and oxygen atoms in total. The molecule has 0 saturated heterocycles. The molecule has 0 radical (unpaired) electrons. The Morgan fingerprint density at radius 3 is 2.79 bits per heavy atom. The molecule has 2 aromatic rings. The van der Waals surface area contributed by atoms with Crippen LogP contribution in [-0.2, 0) is 0 Å². The molecule has 0 atom stereocenters. The van der Waals surface area contributed by atoms with Crippen molar-refractivity contribution in [2.24, 2.45) is 0 Å². The molecular formula is C15H13N3O. The Morgan fingerprint density at radius 1 is 1.37 bits per heavy atom. The van der Waals surface area contributed by atoms with Crippen molar-refractivity contribution in [3.05, 3.63) is 53.9 Å². The van der Waals surface area contributed by atoms with E-state index in [0.717, 1.165) is 10.9 Å². The summed E-state index contributed by atoms with van der Waals surface area (Å²) in [5.41, 5.74) is 1.35. The highest BCUT2D eigenvalue weighted by atomic mass is 16.1. The normalized spacial score (nSPS) is 11.1. The maximum Gasteiger partial charge on any atom is 0.206 e. The summed E-state index contributed by atoms with van der Waals surface area (Å²) in [6.07, 6.45) is 3.02. The van der Waals surface area contributed by atoms with Crippen LogP contribution < -0.4 is 0 Å². The SMILES string of the molecule is CN(C)/C=C(/C#N)C(=O)c1cnc2ccccc2c1. The zero-order valence-electron chi connectivity index (χ0n) is 10.8. The maximum absolute atomic E-state index is 12.2. The minimum Gasteiger partial charge on any atom is -0.382 e. The Bertz CT molecular complexity index is 696. The Labute approximate surface area is 111 Å². The Kier molecular flexibility index (Phi) is 3.58. The number of pyridine rings is 1. The van der Waals surface area contributed by atoms with E-state index >= 15 is 0 Å². The van der Waals surface area contributed by atoms with E-state index in [1.54, 1.807) is 25.1 Å². The number of carbonyl (C=O) groups excluding carboxylic acids is 1. The Hall–Kier alpha value is -2.67. The number of carbonyl (C=O) groups is 1. The van der Waals surface area contributed by atoms with E-state index in [1.807, 2.05) is 30.3 Å². The van der Waals surface area contributed by atoms with Gasteiger partial charge in [-0.25, -0.2) is 0 Å². The number of fused-ring (bicyclic) bond motifs is 1. The van der Waals surface area contributed by atoms with Crippen LogP contribution in [0.2, 0.25) is 0 Å². The molecule has 0 N–H and O–H groups in total. The number of rotatable bonds is 3. The highest BCUT2D eigenvalue weighted by molar-refractivity contribution is 6.12. The standard InChI is InChI=1S/C15H13N3O/c1-18(2)10-13(8-16)15(19)12-7-11-5-3-4-6-14(11)17-9-12/h3-7,9-10H,1-2H3/b13-10-. The smallest absolute Gasteiger partial charge is 0.206 e. The summed E-state index contributed by atoms with van der Waals surface area (Å²) in [7, 11) is 3.53. The van der Waals surface area contributed by atoms with Gasteiger partial charge in [-0.3, -0.25) is 9.78 Å². The zero-order chi connectivity index (χ0) is 13.8. The third-order valence-corrected chi connectivity index (χ3v) is 2.61. The molecule has 0 fully saturated rings. The van der Waals surface area contributed by atoms with Crippen molar-refractivity contribution in [1.82, 2.24) is 9.88 Å². The van der Waals surface area contributed by atoms with E-state index in [1.165, 1.54) is 12.4 Å². The fraction of sp³-hybridized carbons (Fsp3) is 0.133. The van der Waals surface area contributed by atoms with E-state index in [0.29, 0.717) is 5.56 Å². The van der Waals surface area contributed by atoms with Crippen molar-refractivity contribution in [3.8, 4) is 6.07 Å². The van der Waals surface area contributed by atoms with Crippen LogP contribution in [0.1, 0.15) is 10.4 Å². The Balaban J connectivity index is 2.44. The van der Waals surface area contributed by atoms with E-state index in [9.17, 15) is 4.79 Å². The monoisotopic (exact) mass is 251 g/mol. The number of hydrogen-bond donors (Lipinski definition) is 0. The Morgan fingerprint density at radius 2 is 2.11 bits per heavy atom. The zero-order valence-corrected chi connectivity index (χ0v) is 10.8. The first kappa shape index (κ1) is 12.8. The van der Waals surface area contributed by atoms with Crippen LogP contribution in [0, 0.1) is 11.3 Å². The van der Waals surface area contributed by atoms with E-state index in [2.05, 4.69) is 4.98 Å². The molecule has 1 aromatic carbocycles. The summed E-state index contributed by atoms with van der Waals surface area (Å²) < 4.78 is 0. The number of hydrogen-bond acceptors (Lipinski definition) is 4. The molecule has 1 aromatic heterocycles. The average Bonchev–Trinajstić information content (AvgIpc) is 2.43. The number of nitriles is 1. The molecule has 94 valence electrons. The van der Waals surface area contributed by atoms with Gasteiger partial charge in [-0.15, -0.1) is 0 Å². The van der Waals surface area contributed by atoms with Gasteiger partial charge >= 0.3 is 0 Å². The molecule has 0 aliphatic heterocycles. The molecule has 0 saturated carbocycles. The lowest BCUT2D eigenvalue weighted by Crippen LogP contribution is -2.09. The molecule has 4 heteroatoms. The third kappa shape index (κ3) is 2.78. The van der Waals surface area contributed by atoms with Crippen LogP contribution >= 0.6 is 0 Å². The molecule has 0 bridgehead atoms. The van der Waals surface area contributed by atoms with Gasteiger partial charge in [-0.2, -0.15) is 5.26 Å². The molecule has 0 amide bonds.